The van der Waals surface area contributed by atoms with E-state index in [1.54, 1.807) is 0 Å². The van der Waals surface area contributed by atoms with E-state index >= 15 is 0 Å². The molecule has 118 valence electrons. The van der Waals surface area contributed by atoms with Crippen molar-refractivity contribution < 1.29 is 5.11 Å². The van der Waals surface area contributed by atoms with Crippen LogP contribution in [0.5, 0.6) is 0 Å². The maximum absolute atomic E-state index is 8.75. The van der Waals surface area contributed by atoms with Crippen LogP contribution in [-0.2, 0) is 0 Å². The molecule has 0 aliphatic rings. The zero-order valence-corrected chi connectivity index (χ0v) is 13.4. The molecule has 0 spiro atoms. The molecule has 0 radical (unpaired) electrons. The second kappa shape index (κ2) is 16.5. The van der Waals surface area contributed by atoms with E-state index in [9.17, 15) is 0 Å². The molecule has 0 fully saturated rings. The van der Waals surface area contributed by atoms with Crippen molar-refractivity contribution in [2.75, 3.05) is 6.61 Å². The summed E-state index contributed by atoms with van der Waals surface area (Å²) in [7, 11) is 0. The Labute approximate surface area is 126 Å². The lowest BCUT2D eigenvalue weighted by molar-refractivity contribution is 0.272. The molecule has 20 heavy (non-hydrogen) atoms. The summed E-state index contributed by atoms with van der Waals surface area (Å²) < 4.78 is 0. The van der Waals surface area contributed by atoms with Gasteiger partial charge in [0.1, 0.15) is 0 Å². The molecule has 0 rings (SSSR count). The number of rotatable bonds is 14. The summed E-state index contributed by atoms with van der Waals surface area (Å²) in [5.74, 6) is 0. The molecule has 0 amide bonds. The Kier molecular flexibility index (Phi) is 16.0. The average molecular weight is 281 g/mol. The van der Waals surface area contributed by atoms with Gasteiger partial charge in [0.15, 0.2) is 0 Å². The highest BCUT2D eigenvalue weighted by atomic mass is 16.3. The molecule has 0 aromatic carbocycles. The van der Waals surface area contributed by atoms with Gasteiger partial charge in [0.2, 0.25) is 0 Å². The van der Waals surface area contributed by atoms with Crippen LogP contribution in [-0.4, -0.2) is 17.8 Å². The van der Waals surface area contributed by atoms with Crippen molar-refractivity contribution in [3.63, 3.8) is 0 Å². The number of allylic oxidation sites excluding steroid dienone is 4. The van der Waals surface area contributed by atoms with Gasteiger partial charge < -0.3 is 10.8 Å². The quantitative estimate of drug-likeness (QED) is 0.357. The molecule has 0 saturated heterocycles. The summed E-state index contributed by atoms with van der Waals surface area (Å²) in [5.41, 5.74) is 5.84. The van der Waals surface area contributed by atoms with Gasteiger partial charge in [-0.1, -0.05) is 56.9 Å². The number of aliphatic hydroxyl groups excluding tert-OH is 1. The van der Waals surface area contributed by atoms with Gasteiger partial charge in [0.05, 0.1) is 0 Å². The van der Waals surface area contributed by atoms with Crippen LogP contribution in [0.3, 0.4) is 0 Å². The van der Waals surface area contributed by atoms with E-state index in [0.717, 1.165) is 19.3 Å². The number of hydrogen-bond donors (Lipinski definition) is 2. The smallest absolute Gasteiger partial charge is 0.0445 e. The van der Waals surface area contributed by atoms with Crippen molar-refractivity contribution in [1.29, 1.82) is 0 Å². The minimum absolute atomic E-state index is 0.188. The van der Waals surface area contributed by atoms with E-state index in [0.29, 0.717) is 0 Å². The largest absolute Gasteiger partial charge is 0.396 e. The first-order valence-electron chi connectivity index (χ1n) is 8.47. The fourth-order valence-electron chi connectivity index (χ4n) is 2.17. The first-order chi connectivity index (χ1) is 9.81. The molecule has 0 aliphatic heterocycles. The first-order valence-corrected chi connectivity index (χ1v) is 8.47. The van der Waals surface area contributed by atoms with Crippen LogP contribution in [0.1, 0.15) is 77.6 Å². The Hall–Kier alpha value is -0.600. The Morgan fingerprint density at radius 1 is 0.850 bits per heavy atom. The van der Waals surface area contributed by atoms with Crippen LogP contribution in [0.15, 0.2) is 24.3 Å². The zero-order valence-electron chi connectivity index (χ0n) is 13.4. The third-order valence-corrected chi connectivity index (χ3v) is 3.53. The van der Waals surface area contributed by atoms with E-state index < -0.39 is 0 Å². The minimum Gasteiger partial charge on any atom is -0.396 e. The van der Waals surface area contributed by atoms with Crippen LogP contribution < -0.4 is 5.73 Å². The SMILES string of the molecule is CCCCC/C=C\C/C=C\CCCCC[C@H](N)CCO. The monoisotopic (exact) mass is 281 g/mol. The van der Waals surface area contributed by atoms with Gasteiger partial charge in [-0.2, -0.15) is 0 Å². The molecule has 2 nitrogen and oxygen atoms in total. The highest BCUT2D eigenvalue weighted by molar-refractivity contribution is 4.92. The third-order valence-electron chi connectivity index (χ3n) is 3.53. The normalized spacial score (nSPS) is 13.6. The van der Waals surface area contributed by atoms with Gasteiger partial charge >= 0.3 is 0 Å². The third kappa shape index (κ3) is 15.5. The fraction of sp³-hybridized carbons (Fsp3) is 0.778. The second-order valence-corrected chi connectivity index (χ2v) is 5.58. The number of nitrogens with two attached hydrogens (primary N) is 1. The summed E-state index contributed by atoms with van der Waals surface area (Å²) in [5, 5.41) is 8.75. The van der Waals surface area contributed by atoms with Crippen molar-refractivity contribution >= 4 is 0 Å². The number of hydrogen-bond acceptors (Lipinski definition) is 2. The molecule has 0 saturated carbocycles. The topological polar surface area (TPSA) is 46.2 Å². The Morgan fingerprint density at radius 2 is 1.50 bits per heavy atom. The van der Waals surface area contributed by atoms with E-state index in [1.165, 1.54) is 51.4 Å². The first kappa shape index (κ1) is 19.4. The molecular formula is C18H35NO. The average Bonchev–Trinajstić information content (AvgIpc) is 2.44. The molecule has 0 heterocycles. The molecule has 1 atom stereocenters. The Morgan fingerprint density at radius 3 is 2.10 bits per heavy atom. The van der Waals surface area contributed by atoms with Crippen LogP contribution >= 0.6 is 0 Å². The standard InChI is InChI=1S/C18H35NO/c1-2-3-4-5-6-7-8-9-10-11-12-13-14-15-18(19)16-17-20/h6-7,9-10,18,20H,2-5,8,11-17,19H2,1H3/b7-6-,10-9-/t18-/m0/s1. The van der Waals surface area contributed by atoms with Crippen LogP contribution in [0.2, 0.25) is 0 Å². The van der Waals surface area contributed by atoms with Crippen molar-refractivity contribution in [2.45, 2.75) is 83.6 Å². The van der Waals surface area contributed by atoms with Crippen molar-refractivity contribution in [3.05, 3.63) is 24.3 Å². The lowest BCUT2D eigenvalue weighted by atomic mass is 10.1. The van der Waals surface area contributed by atoms with E-state index in [2.05, 4.69) is 31.2 Å². The molecule has 0 aliphatic carbocycles. The summed E-state index contributed by atoms with van der Waals surface area (Å²) in [6, 6.07) is 0.188. The van der Waals surface area contributed by atoms with E-state index in [4.69, 9.17) is 10.8 Å². The van der Waals surface area contributed by atoms with E-state index in [1.807, 2.05) is 0 Å². The molecular weight excluding hydrogens is 246 g/mol. The van der Waals surface area contributed by atoms with Crippen molar-refractivity contribution in [1.82, 2.24) is 0 Å². The predicted molar refractivity (Wildman–Crippen MR) is 89.8 cm³/mol. The number of aliphatic hydroxyl groups is 1. The van der Waals surface area contributed by atoms with Gasteiger partial charge in [0.25, 0.3) is 0 Å². The molecule has 3 N–H and O–H groups in total. The highest BCUT2D eigenvalue weighted by Gasteiger charge is 2.00. The summed E-state index contributed by atoms with van der Waals surface area (Å²) in [4.78, 5) is 0. The predicted octanol–water partition coefficient (Wildman–Crippen LogP) is 4.73. The summed E-state index contributed by atoms with van der Waals surface area (Å²) in [6.45, 7) is 2.46. The van der Waals surface area contributed by atoms with E-state index in [-0.39, 0.29) is 12.6 Å². The zero-order chi connectivity index (χ0) is 14.9. The van der Waals surface area contributed by atoms with Crippen molar-refractivity contribution in [2.24, 2.45) is 5.73 Å². The second-order valence-electron chi connectivity index (χ2n) is 5.58. The molecule has 0 bridgehead atoms. The molecule has 0 unspecified atom stereocenters. The van der Waals surface area contributed by atoms with Gasteiger partial charge in [-0.05, 0) is 44.9 Å². The highest BCUT2D eigenvalue weighted by Crippen LogP contribution is 2.07. The Bertz CT molecular complexity index is 236. The number of unbranched alkanes of at least 4 members (excludes halogenated alkanes) is 6. The molecule has 0 aromatic heterocycles. The molecule has 2 heteroatoms. The maximum Gasteiger partial charge on any atom is 0.0445 e. The molecule has 0 aromatic rings. The fourth-order valence-corrected chi connectivity index (χ4v) is 2.17. The van der Waals surface area contributed by atoms with Crippen molar-refractivity contribution in [3.8, 4) is 0 Å². The summed E-state index contributed by atoms with van der Waals surface area (Å²) >= 11 is 0. The van der Waals surface area contributed by atoms with Gasteiger partial charge in [0, 0.05) is 12.6 Å². The van der Waals surface area contributed by atoms with Gasteiger partial charge in [-0.25, -0.2) is 0 Å². The minimum atomic E-state index is 0.188. The Balaban J connectivity index is 3.23. The summed E-state index contributed by atoms with van der Waals surface area (Å²) in [6.07, 6.45) is 22.1. The van der Waals surface area contributed by atoms with Crippen LogP contribution in [0.4, 0.5) is 0 Å². The lowest BCUT2D eigenvalue weighted by Crippen LogP contribution is -2.20. The van der Waals surface area contributed by atoms with Gasteiger partial charge in [-0.15, -0.1) is 0 Å². The lowest BCUT2D eigenvalue weighted by Gasteiger charge is -2.08. The maximum atomic E-state index is 8.75. The van der Waals surface area contributed by atoms with Crippen LogP contribution in [0.25, 0.3) is 0 Å². The van der Waals surface area contributed by atoms with Gasteiger partial charge in [-0.3, -0.25) is 0 Å². The van der Waals surface area contributed by atoms with Crippen LogP contribution in [0, 0.1) is 0 Å².